The van der Waals surface area contributed by atoms with Crippen LogP contribution in [-0.2, 0) is 16.0 Å². The Bertz CT molecular complexity index is 693. The lowest BCUT2D eigenvalue weighted by Crippen LogP contribution is -2.58. The Morgan fingerprint density at radius 1 is 1.37 bits per heavy atom. The molecule has 1 aliphatic rings. The highest BCUT2D eigenvalue weighted by molar-refractivity contribution is 6.41. The normalized spacial score (nSPS) is 15.7. The van der Waals surface area contributed by atoms with Crippen molar-refractivity contribution in [2.24, 2.45) is 5.73 Å². The maximum atomic E-state index is 11.5. The van der Waals surface area contributed by atoms with Crippen LogP contribution in [0.15, 0.2) is 12.1 Å². The fraction of sp³-hybridized carbons (Fsp3) is 0.500. The molecular weight excluding hydrogens is 359 g/mol. The summed E-state index contributed by atoms with van der Waals surface area (Å²) in [7, 11) is -0.291. The highest BCUT2D eigenvalue weighted by Crippen LogP contribution is 2.33. The molecule has 0 aliphatic carbocycles. The first-order valence-corrected chi connectivity index (χ1v) is 8.39. The van der Waals surface area contributed by atoms with Crippen LogP contribution in [0.2, 0.25) is 6.32 Å². The number of aromatic hydroxyl groups is 1. The lowest BCUT2D eigenvalue weighted by Gasteiger charge is -2.40. The molecule has 10 nitrogen and oxygen atoms in total. The van der Waals surface area contributed by atoms with Gasteiger partial charge in [-0.2, -0.15) is 0 Å². The number of nitrogens with zero attached hydrogens (tertiary/aromatic N) is 1. The van der Waals surface area contributed by atoms with E-state index in [1.165, 1.54) is 19.2 Å². The molecule has 0 radical (unpaired) electrons. The van der Waals surface area contributed by atoms with Crippen molar-refractivity contribution in [3.8, 4) is 11.5 Å². The Morgan fingerprint density at radius 3 is 2.59 bits per heavy atom. The van der Waals surface area contributed by atoms with Crippen LogP contribution in [0.4, 0.5) is 0 Å². The number of methoxy groups -OCH3 is 1. The first kappa shape index (κ1) is 21.0. The number of carboxylic acids is 1. The lowest BCUT2D eigenvalue weighted by atomic mass is 9.82. The molecule has 1 fully saturated rings. The Morgan fingerprint density at radius 2 is 2.04 bits per heavy atom. The van der Waals surface area contributed by atoms with E-state index in [1.54, 1.807) is 0 Å². The number of phenols is 1. The molecule has 1 heterocycles. The molecule has 27 heavy (non-hydrogen) atoms. The van der Waals surface area contributed by atoms with Gasteiger partial charge in [-0.1, -0.05) is 6.07 Å². The van der Waals surface area contributed by atoms with E-state index in [0.29, 0.717) is 19.6 Å². The topological polar surface area (TPSA) is 163 Å². The molecule has 148 valence electrons. The number of benzene rings is 1. The minimum Gasteiger partial charge on any atom is -0.507 e. The zero-order valence-corrected chi connectivity index (χ0v) is 14.9. The Balaban J connectivity index is 2.00. The summed E-state index contributed by atoms with van der Waals surface area (Å²) < 4.78 is 10.2. The number of ether oxygens (including phenoxy) is 2. The number of hydrogen-bond donors (Lipinski definition) is 5. The standard InChI is InChI=1S/C16H23BN2O8/c1-26-16(23)11(18)8-19-6-10(7-19)27-12-3-2-9(4-5-17(24)25)14(20)13(12)15(21)22/h2-3,10-11,20,24-25H,4-8,18H2,1H3,(H,21,22). The van der Waals surface area contributed by atoms with Gasteiger partial charge in [0, 0.05) is 19.6 Å². The van der Waals surface area contributed by atoms with Gasteiger partial charge in [0.2, 0.25) is 0 Å². The van der Waals surface area contributed by atoms with Crippen LogP contribution in [0.25, 0.3) is 0 Å². The van der Waals surface area contributed by atoms with E-state index < -0.39 is 30.8 Å². The van der Waals surface area contributed by atoms with Gasteiger partial charge in [0.05, 0.1) is 7.11 Å². The van der Waals surface area contributed by atoms with Crippen molar-refractivity contribution >= 4 is 19.1 Å². The highest BCUT2D eigenvalue weighted by atomic mass is 16.5. The molecule has 0 saturated carbocycles. The van der Waals surface area contributed by atoms with Gasteiger partial charge in [0.1, 0.15) is 29.2 Å². The van der Waals surface area contributed by atoms with E-state index in [2.05, 4.69) is 4.74 Å². The zero-order chi connectivity index (χ0) is 20.1. The minimum absolute atomic E-state index is 0.0233. The van der Waals surface area contributed by atoms with Gasteiger partial charge in [-0.15, -0.1) is 0 Å². The molecule has 1 atom stereocenters. The van der Waals surface area contributed by atoms with Crippen LogP contribution < -0.4 is 10.5 Å². The molecule has 1 aromatic carbocycles. The van der Waals surface area contributed by atoms with E-state index in [1.807, 2.05) is 4.90 Å². The highest BCUT2D eigenvalue weighted by Gasteiger charge is 2.33. The fourth-order valence-corrected chi connectivity index (χ4v) is 2.84. The summed E-state index contributed by atoms with van der Waals surface area (Å²) in [6.45, 7) is 1.19. The summed E-state index contributed by atoms with van der Waals surface area (Å²) in [6.07, 6.45) is -0.241. The smallest absolute Gasteiger partial charge is 0.451 e. The van der Waals surface area contributed by atoms with Crippen LogP contribution in [0.5, 0.6) is 11.5 Å². The van der Waals surface area contributed by atoms with E-state index >= 15 is 0 Å². The second-order valence-corrected chi connectivity index (χ2v) is 6.36. The van der Waals surface area contributed by atoms with E-state index in [9.17, 15) is 19.8 Å². The van der Waals surface area contributed by atoms with Gasteiger partial charge in [-0.25, -0.2) is 4.79 Å². The number of hydrogen-bond acceptors (Lipinski definition) is 9. The van der Waals surface area contributed by atoms with Gasteiger partial charge in [-0.05, 0) is 24.4 Å². The third-order valence-electron chi connectivity index (χ3n) is 4.29. The third kappa shape index (κ3) is 5.33. The fourth-order valence-electron chi connectivity index (χ4n) is 2.84. The third-order valence-corrected chi connectivity index (χ3v) is 4.29. The van der Waals surface area contributed by atoms with Crippen molar-refractivity contribution in [1.29, 1.82) is 0 Å². The molecule has 11 heteroatoms. The van der Waals surface area contributed by atoms with Gasteiger partial charge in [0.15, 0.2) is 0 Å². The molecule has 0 aromatic heterocycles. The molecule has 1 saturated heterocycles. The average molecular weight is 382 g/mol. The van der Waals surface area contributed by atoms with Gasteiger partial charge >= 0.3 is 19.1 Å². The largest absolute Gasteiger partial charge is 0.507 e. The molecule has 0 amide bonds. The van der Waals surface area contributed by atoms with E-state index in [0.717, 1.165) is 0 Å². The van der Waals surface area contributed by atoms with E-state index in [4.69, 9.17) is 20.5 Å². The molecular formula is C16H23BN2O8. The van der Waals surface area contributed by atoms with Crippen LogP contribution >= 0.6 is 0 Å². The summed E-state index contributed by atoms with van der Waals surface area (Å²) >= 11 is 0. The van der Waals surface area contributed by atoms with Crippen molar-refractivity contribution < 1.29 is 39.3 Å². The molecule has 6 N–H and O–H groups in total. The minimum atomic E-state index is -1.55. The van der Waals surface area contributed by atoms with Gasteiger partial charge < -0.3 is 35.5 Å². The number of carbonyl (C=O) groups is 2. The SMILES string of the molecule is COC(=O)C(N)CN1CC(Oc2ccc(CCB(O)O)c(O)c2C(=O)O)C1. The maximum Gasteiger partial charge on any atom is 0.451 e. The monoisotopic (exact) mass is 382 g/mol. The average Bonchev–Trinajstić information content (AvgIpc) is 2.57. The number of carboxylic acid groups (broad SMARTS) is 1. The second-order valence-electron chi connectivity index (χ2n) is 6.36. The summed E-state index contributed by atoms with van der Waals surface area (Å²) in [5.41, 5.74) is 5.60. The number of rotatable bonds is 9. The van der Waals surface area contributed by atoms with Crippen molar-refractivity contribution in [3.05, 3.63) is 23.3 Å². The molecule has 1 aliphatic heterocycles. The Labute approximate surface area is 156 Å². The lowest BCUT2D eigenvalue weighted by molar-refractivity contribution is -0.143. The number of aryl methyl sites for hydroxylation is 1. The first-order chi connectivity index (χ1) is 12.7. The van der Waals surface area contributed by atoms with E-state index in [-0.39, 0.29) is 35.7 Å². The predicted molar refractivity (Wildman–Crippen MR) is 94.6 cm³/mol. The maximum absolute atomic E-state index is 11.5. The van der Waals surface area contributed by atoms with Crippen LogP contribution in [0.1, 0.15) is 15.9 Å². The van der Waals surface area contributed by atoms with Crippen LogP contribution in [-0.4, -0.2) is 83.1 Å². The summed E-state index contributed by atoms with van der Waals surface area (Å²) in [6, 6.07) is 2.16. The first-order valence-electron chi connectivity index (χ1n) is 8.39. The number of nitrogens with two attached hydrogens (primary N) is 1. The summed E-state index contributed by atoms with van der Waals surface area (Å²) in [5.74, 6) is -2.29. The van der Waals surface area contributed by atoms with Crippen molar-refractivity contribution in [2.75, 3.05) is 26.7 Å². The predicted octanol–water partition coefficient (Wildman–Crippen LogP) is -1.33. The number of likely N-dealkylation sites (tertiary alicyclic amines) is 1. The van der Waals surface area contributed by atoms with Crippen LogP contribution in [0, 0.1) is 0 Å². The zero-order valence-electron chi connectivity index (χ0n) is 14.9. The second kappa shape index (κ2) is 9.04. The summed E-state index contributed by atoms with van der Waals surface area (Å²) in [5, 5.41) is 37.5. The Hall–Kier alpha value is -2.34. The quantitative estimate of drug-likeness (QED) is 0.255. The van der Waals surface area contributed by atoms with Crippen molar-refractivity contribution in [1.82, 2.24) is 4.90 Å². The van der Waals surface area contributed by atoms with Crippen molar-refractivity contribution in [3.63, 3.8) is 0 Å². The van der Waals surface area contributed by atoms with Gasteiger partial charge in [0.25, 0.3) is 0 Å². The molecule has 2 rings (SSSR count). The van der Waals surface area contributed by atoms with Crippen molar-refractivity contribution in [2.45, 2.75) is 24.9 Å². The van der Waals surface area contributed by atoms with Gasteiger partial charge in [-0.3, -0.25) is 9.69 Å². The summed E-state index contributed by atoms with van der Waals surface area (Å²) in [4.78, 5) is 24.7. The molecule has 0 bridgehead atoms. The number of carbonyl (C=O) groups excluding carboxylic acids is 1. The molecule has 0 spiro atoms. The number of aromatic carboxylic acids is 1. The molecule has 1 aromatic rings. The van der Waals surface area contributed by atoms with Crippen LogP contribution in [0.3, 0.4) is 0 Å². The Kier molecular flexibility index (Phi) is 7.02. The number of esters is 1. The molecule has 1 unspecified atom stereocenters.